The molecule has 0 radical (unpaired) electrons. The smallest absolute Gasteiger partial charge is 0.262 e. The molecular weight excluding hydrogens is 414 g/mol. The van der Waals surface area contributed by atoms with Gasteiger partial charge >= 0.3 is 0 Å². The average molecular weight is 432 g/mol. The Morgan fingerprint density at radius 2 is 1.54 bits per heavy atom. The zero-order chi connectivity index (χ0) is 19.3. The molecular formula is C24H18BrNO2. The Morgan fingerprint density at radius 1 is 0.786 bits per heavy atom. The maximum Gasteiger partial charge on any atom is 0.262 e. The lowest BCUT2D eigenvalue weighted by Crippen LogP contribution is -2.20. The fourth-order valence-corrected chi connectivity index (χ4v) is 3.53. The van der Waals surface area contributed by atoms with Crippen LogP contribution in [0.5, 0.6) is 5.75 Å². The van der Waals surface area contributed by atoms with Crippen LogP contribution in [0.1, 0.15) is 0 Å². The van der Waals surface area contributed by atoms with Crippen LogP contribution in [0, 0.1) is 0 Å². The average Bonchev–Trinajstić information content (AvgIpc) is 2.73. The van der Waals surface area contributed by atoms with Crippen LogP contribution in [0.15, 0.2) is 95.5 Å². The van der Waals surface area contributed by atoms with Crippen molar-refractivity contribution in [3.05, 3.63) is 95.5 Å². The molecule has 0 unspecified atom stereocenters. The number of hydrogen-bond acceptors (Lipinski definition) is 2. The summed E-state index contributed by atoms with van der Waals surface area (Å²) in [7, 11) is 0. The third kappa shape index (κ3) is 4.24. The summed E-state index contributed by atoms with van der Waals surface area (Å²) in [6.45, 7) is -0.0594. The Morgan fingerprint density at radius 3 is 2.32 bits per heavy atom. The molecule has 0 aliphatic rings. The molecule has 0 atom stereocenters. The second-order valence-electron chi connectivity index (χ2n) is 6.41. The number of anilines is 1. The third-order valence-corrected chi connectivity index (χ3v) is 5.05. The number of carbonyl (C=O) groups excluding carboxylic acids is 1. The van der Waals surface area contributed by atoms with Crippen LogP contribution in [0.25, 0.3) is 21.9 Å². The maximum atomic E-state index is 12.3. The topological polar surface area (TPSA) is 38.3 Å². The molecule has 0 bridgehead atoms. The van der Waals surface area contributed by atoms with E-state index < -0.39 is 0 Å². The summed E-state index contributed by atoms with van der Waals surface area (Å²) in [6.07, 6.45) is 0. The number of nitrogens with one attached hydrogen (secondary N) is 1. The zero-order valence-electron chi connectivity index (χ0n) is 15.1. The highest BCUT2D eigenvalue weighted by Crippen LogP contribution is 2.30. The van der Waals surface area contributed by atoms with E-state index in [9.17, 15) is 4.79 Å². The molecule has 28 heavy (non-hydrogen) atoms. The van der Waals surface area contributed by atoms with E-state index in [1.54, 1.807) is 0 Å². The van der Waals surface area contributed by atoms with Crippen molar-refractivity contribution >= 4 is 38.3 Å². The second kappa shape index (κ2) is 8.28. The number of ether oxygens (including phenoxy) is 1. The molecule has 0 saturated heterocycles. The molecule has 0 fully saturated rings. The molecule has 138 valence electrons. The molecule has 4 heteroatoms. The van der Waals surface area contributed by atoms with Gasteiger partial charge in [-0.1, -0.05) is 66.7 Å². The molecule has 0 aliphatic heterocycles. The summed E-state index contributed by atoms with van der Waals surface area (Å²) >= 11 is 3.53. The van der Waals surface area contributed by atoms with Crippen molar-refractivity contribution in [2.75, 3.05) is 11.9 Å². The minimum Gasteiger partial charge on any atom is -0.483 e. The monoisotopic (exact) mass is 431 g/mol. The van der Waals surface area contributed by atoms with Gasteiger partial charge in [-0.05, 0) is 62.1 Å². The number of carbonyl (C=O) groups is 1. The van der Waals surface area contributed by atoms with Gasteiger partial charge < -0.3 is 10.1 Å². The molecule has 0 aliphatic carbocycles. The molecule has 4 aromatic rings. The van der Waals surface area contributed by atoms with Crippen LogP contribution in [-0.2, 0) is 4.79 Å². The molecule has 1 amide bonds. The molecule has 0 saturated carbocycles. The Kier molecular flexibility index (Phi) is 5.40. The van der Waals surface area contributed by atoms with Gasteiger partial charge in [0.2, 0.25) is 0 Å². The van der Waals surface area contributed by atoms with Crippen LogP contribution < -0.4 is 10.1 Å². The Balaban J connectivity index is 1.40. The van der Waals surface area contributed by atoms with Crippen LogP contribution in [0.2, 0.25) is 0 Å². The summed E-state index contributed by atoms with van der Waals surface area (Å²) in [5, 5.41) is 5.10. The predicted octanol–water partition coefficient (Wildman–Crippen LogP) is 6.29. The van der Waals surface area contributed by atoms with Crippen molar-refractivity contribution in [1.82, 2.24) is 0 Å². The van der Waals surface area contributed by atoms with E-state index >= 15 is 0 Å². The van der Waals surface area contributed by atoms with E-state index in [1.165, 1.54) is 0 Å². The summed E-state index contributed by atoms with van der Waals surface area (Å²) in [6, 6.07) is 29.8. The van der Waals surface area contributed by atoms with Gasteiger partial charge in [0.05, 0.1) is 4.47 Å². The quantitative estimate of drug-likeness (QED) is 0.403. The molecule has 1 N–H and O–H groups in total. The number of hydrogen-bond donors (Lipinski definition) is 1. The number of benzene rings is 4. The van der Waals surface area contributed by atoms with Crippen molar-refractivity contribution in [3.63, 3.8) is 0 Å². The summed E-state index contributed by atoms with van der Waals surface area (Å²) in [4.78, 5) is 12.3. The van der Waals surface area contributed by atoms with Gasteiger partial charge in [0, 0.05) is 5.69 Å². The Bertz CT molecular complexity index is 1130. The lowest BCUT2D eigenvalue weighted by atomic mass is 10.1. The largest absolute Gasteiger partial charge is 0.483 e. The minimum atomic E-state index is -0.200. The van der Waals surface area contributed by atoms with Gasteiger partial charge in [0.25, 0.3) is 5.91 Å². The highest BCUT2D eigenvalue weighted by Gasteiger charge is 2.08. The van der Waals surface area contributed by atoms with Gasteiger partial charge in [-0.25, -0.2) is 0 Å². The molecule has 0 aromatic heterocycles. The molecule has 3 nitrogen and oxygen atoms in total. The predicted molar refractivity (Wildman–Crippen MR) is 118 cm³/mol. The van der Waals surface area contributed by atoms with E-state index in [4.69, 9.17) is 4.74 Å². The van der Waals surface area contributed by atoms with E-state index in [1.807, 2.05) is 78.9 Å². The zero-order valence-corrected chi connectivity index (χ0v) is 16.6. The standard InChI is InChI=1S/C24H18BrNO2/c25-22-15-20(17-6-2-1-3-7-17)11-13-23(22)28-16-24(27)26-21-12-10-18-8-4-5-9-19(18)14-21/h1-15H,16H2,(H,26,27). The fraction of sp³-hybridized carbons (Fsp3) is 0.0417. The lowest BCUT2D eigenvalue weighted by molar-refractivity contribution is -0.118. The Hall–Kier alpha value is -3.11. The second-order valence-corrected chi connectivity index (χ2v) is 7.26. The van der Waals surface area contributed by atoms with Crippen molar-refractivity contribution in [2.45, 2.75) is 0 Å². The number of fused-ring (bicyclic) bond motifs is 1. The Labute approximate surface area is 172 Å². The van der Waals surface area contributed by atoms with E-state index in [-0.39, 0.29) is 12.5 Å². The first-order valence-electron chi connectivity index (χ1n) is 8.95. The van der Waals surface area contributed by atoms with Crippen molar-refractivity contribution in [1.29, 1.82) is 0 Å². The number of halogens is 1. The summed E-state index contributed by atoms with van der Waals surface area (Å²) in [5.74, 6) is 0.433. The van der Waals surface area contributed by atoms with E-state index in [2.05, 4.69) is 33.4 Å². The first-order chi connectivity index (χ1) is 13.7. The summed E-state index contributed by atoms with van der Waals surface area (Å²) in [5.41, 5.74) is 2.97. The molecule has 4 rings (SSSR count). The van der Waals surface area contributed by atoms with Gasteiger partial charge in [0.15, 0.2) is 6.61 Å². The van der Waals surface area contributed by atoms with Crippen LogP contribution in [0.4, 0.5) is 5.69 Å². The highest BCUT2D eigenvalue weighted by atomic mass is 79.9. The molecule has 0 heterocycles. The van der Waals surface area contributed by atoms with Gasteiger partial charge in [0.1, 0.15) is 5.75 Å². The molecule has 0 spiro atoms. The first kappa shape index (κ1) is 18.3. The van der Waals surface area contributed by atoms with Crippen molar-refractivity contribution in [3.8, 4) is 16.9 Å². The summed E-state index contributed by atoms with van der Waals surface area (Å²) < 4.78 is 6.50. The third-order valence-electron chi connectivity index (χ3n) is 4.43. The van der Waals surface area contributed by atoms with Crippen LogP contribution >= 0.6 is 15.9 Å². The van der Waals surface area contributed by atoms with Gasteiger partial charge in [-0.15, -0.1) is 0 Å². The SMILES string of the molecule is O=C(COc1ccc(-c2ccccc2)cc1Br)Nc1ccc2ccccc2c1. The normalized spacial score (nSPS) is 10.6. The van der Waals surface area contributed by atoms with Crippen molar-refractivity contribution in [2.24, 2.45) is 0 Å². The fourth-order valence-electron chi connectivity index (χ4n) is 3.04. The van der Waals surface area contributed by atoms with Gasteiger partial charge in [-0.2, -0.15) is 0 Å². The minimum absolute atomic E-state index is 0.0594. The maximum absolute atomic E-state index is 12.3. The van der Waals surface area contributed by atoms with Crippen LogP contribution in [-0.4, -0.2) is 12.5 Å². The first-order valence-corrected chi connectivity index (χ1v) is 9.75. The molecule has 4 aromatic carbocycles. The van der Waals surface area contributed by atoms with E-state index in [0.29, 0.717) is 5.75 Å². The van der Waals surface area contributed by atoms with Crippen LogP contribution in [0.3, 0.4) is 0 Å². The van der Waals surface area contributed by atoms with Crippen molar-refractivity contribution < 1.29 is 9.53 Å². The van der Waals surface area contributed by atoms with E-state index in [0.717, 1.165) is 32.1 Å². The number of amides is 1. The number of rotatable bonds is 5. The highest BCUT2D eigenvalue weighted by molar-refractivity contribution is 9.10. The lowest BCUT2D eigenvalue weighted by Gasteiger charge is -2.11. The van der Waals surface area contributed by atoms with Gasteiger partial charge in [-0.3, -0.25) is 4.79 Å².